The van der Waals surface area contributed by atoms with Crippen LogP contribution in [0.2, 0.25) is 0 Å². The number of H-pyrrole nitrogens is 1. The Labute approximate surface area is 132 Å². The maximum Gasteiger partial charge on any atom is 0.268 e. The zero-order valence-corrected chi connectivity index (χ0v) is 12.8. The van der Waals surface area contributed by atoms with Crippen molar-refractivity contribution in [1.82, 2.24) is 10.3 Å². The molecule has 6 heteroatoms. The summed E-state index contributed by atoms with van der Waals surface area (Å²) < 4.78 is 13.7. The third-order valence-corrected chi connectivity index (χ3v) is 4.16. The summed E-state index contributed by atoms with van der Waals surface area (Å²) in [5.41, 5.74) is 7.83. The van der Waals surface area contributed by atoms with E-state index in [1.165, 1.54) is 12.1 Å². The second kappa shape index (κ2) is 5.87. The van der Waals surface area contributed by atoms with Crippen molar-refractivity contribution in [2.75, 3.05) is 6.54 Å². The van der Waals surface area contributed by atoms with E-state index in [0.29, 0.717) is 40.7 Å². The zero-order valence-electron chi connectivity index (χ0n) is 12.8. The third-order valence-electron chi connectivity index (χ3n) is 4.16. The Bertz CT molecular complexity index is 823. The highest BCUT2D eigenvalue weighted by Gasteiger charge is 2.29. The Morgan fingerprint density at radius 1 is 1.43 bits per heavy atom. The molecule has 0 bridgehead atoms. The van der Waals surface area contributed by atoms with Gasteiger partial charge in [0.05, 0.1) is 5.92 Å². The van der Waals surface area contributed by atoms with Crippen molar-refractivity contribution in [3.05, 3.63) is 41.3 Å². The van der Waals surface area contributed by atoms with E-state index in [0.717, 1.165) is 6.42 Å². The molecule has 0 radical (unpaired) electrons. The summed E-state index contributed by atoms with van der Waals surface area (Å²) in [5.74, 6) is -1.62. The van der Waals surface area contributed by atoms with Gasteiger partial charge in [0.1, 0.15) is 11.5 Å². The first-order valence-electron chi connectivity index (χ1n) is 7.62. The van der Waals surface area contributed by atoms with Crippen LogP contribution in [0.1, 0.15) is 35.8 Å². The second-order valence-electron chi connectivity index (χ2n) is 5.68. The predicted molar refractivity (Wildman–Crippen MR) is 86.2 cm³/mol. The van der Waals surface area contributed by atoms with Gasteiger partial charge in [0.15, 0.2) is 0 Å². The van der Waals surface area contributed by atoms with Gasteiger partial charge in [-0.05, 0) is 30.2 Å². The number of benzene rings is 1. The predicted octanol–water partition coefficient (Wildman–Crippen LogP) is 2.34. The summed E-state index contributed by atoms with van der Waals surface area (Å²) in [6.07, 6.45) is 3.15. The molecule has 120 valence electrons. The number of halogens is 1. The molecule has 1 aliphatic rings. The Kier molecular flexibility index (Phi) is 3.90. The van der Waals surface area contributed by atoms with Crippen molar-refractivity contribution in [3.8, 4) is 0 Å². The topological polar surface area (TPSA) is 88.0 Å². The molecule has 0 saturated heterocycles. The molecular formula is C17H18FN3O2. The van der Waals surface area contributed by atoms with E-state index in [4.69, 9.17) is 5.73 Å². The van der Waals surface area contributed by atoms with Crippen LogP contribution in [0.4, 0.5) is 4.39 Å². The number of fused-ring (bicyclic) bond motifs is 3. The molecule has 1 aliphatic heterocycles. The van der Waals surface area contributed by atoms with Crippen LogP contribution < -0.4 is 11.1 Å². The number of hydrogen-bond donors (Lipinski definition) is 3. The van der Waals surface area contributed by atoms with Gasteiger partial charge in [-0.25, -0.2) is 4.39 Å². The minimum absolute atomic E-state index is 0.275. The fourth-order valence-corrected chi connectivity index (χ4v) is 3.13. The normalized spacial score (nSPS) is 15.6. The fraction of sp³-hybridized carbons (Fsp3) is 0.294. The maximum absolute atomic E-state index is 13.7. The lowest BCUT2D eigenvalue weighted by Gasteiger charge is -2.16. The first kappa shape index (κ1) is 15.3. The third kappa shape index (κ3) is 2.60. The van der Waals surface area contributed by atoms with Gasteiger partial charge >= 0.3 is 0 Å². The fourth-order valence-electron chi connectivity index (χ4n) is 3.13. The van der Waals surface area contributed by atoms with E-state index >= 15 is 0 Å². The molecule has 1 atom stereocenters. The molecule has 2 aromatic rings. The molecule has 5 nitrogen and oxygen atoms in total. The van der Waals surface area contributed by atoms with Crippen LogP contribution in [0.5, 0.6) is 0 Å². The number of aromatic amines is 1. The molecule has 23 heavy (non-hydrogen) atoms. The minimum atomic E-state index is -0.506. The van der Waals surface area contributed by atoms with Crippen molar-refractivity contribution in [1.29, 1.82) is 0 Å². The van der Waals surface area contributed by atoms with E-state index in [1.54, 1.807) is 12.1 Å². The van der Waals surface area contributed by atoms with Gasteiger partial charge in [-0.15, -0.1) is 0 Å². The lowest BCUT2D eigenvalue weighted by Crippen LogP contribution is -2.24. The number of primary amides is 1. The van der Waals surface area contributed by atoms with Crippen LogP contribution in [-0.4, -0.2) is 23.3 Å². The summed E-state index contributed by atoms with van der Waals surface area (Å²) >= 11 is 0. The summed E-state index contributed by atoms with van der Waals surface area (Å²) in [5, 5.41) is 3.34. The molecule has 1 aromatic carbocycles. The number of amides is 2. The molecule has 2 amide bonds. The SMILES string of the molecule is CCCC(C(N)=O)C1=CCNC(=O)c2[nH]c3ccc(F)cc3c21. The van der Waals surface area contributed by atoms with Crippen molar-refractivity contribution < 1.29 is 14.0 Å². The van der Waals surface area contributed by atoms with E-state index in [1.807, 2.05) is 6.92 Å². The molecule has 0 fully saturated rings. The highest BCUT2D eigenvalue weighted by Crippen LogP contribution is 2.36. The van der Waals surface area contributed by atoms with Crippen LogP contribution in [0.3, 0.4) is 0 Å². The first-order chi connectivity index (χ1) is 11.0. The zero-order chi connectivity index (χ0) is 16.6. The van der Waals surface area contributed by atoms with Gasteiger partial charge in [0.2, 0.25) is 5.91 Å². The monoisotopic (exact) mass is 315 g/mol. The van der Waals surface area contributed by atoms with Gasteiger partial charge in [0.25, 0.3) is 5.91 Å². The highest BCUT2D eigenvalue weighted by atomic mass is 19.1. The molecule has 0 spiro atoms. The van der Waals surface area contributed by atoms with Crippen LogP contribution in [0.25, 0.3) is 16.5 Å². The van der Waals surface area contributed by atoms with Gasteiger partial charge < -0.3 is 16.0 Å². The minimum Gasteiger partial charge on any atom is -0.369 e. The average Bonchev–Trinajstić information content (AvgIpc) is 2.80. The molecule has 0 aliphatic carbocycles. The molecular weight excluding hydrogens is 297 g/mol. The van der Waals surface area contributed by atoms with Crippen LogP contribution >= 0.6 is 0 Å². The van der Waals surface area contributed by atoms with Crippen molar-refractivity contribution >= 4 is 28.3 Å². The number of hydrogen-bond acceptors (Lipinski definition) is 2. The number of nitrogens with one attached hydrogen (secondary N) is 2. The lowest BCUT2D eigenvalue weighted by atomic mass is 9.87. The molecule has 4 N–H and O–H groups in total. The number of nitrogens with two attached hydrogens (primary N) is 1. The van der Waals surface area contributed by atoms with Crippen LogP contribution in [-0.2, 0) is 4.79 Å². The summed E-state index contributed by atoms with van der Waals surface area (Å²) in [6, 6.07) is 4.29. The van der Waals surface area contributed by atoms with Gasteiger partial charge in [0, 0.05) is 23.0 Å². The number of aromatic nitrogens is 1. The quantitative estimate of drug-likeness (QED) is 0.808. The van der Waals surface area contributed by atoms with E-state index in [9.17, 15) is 14.0 Å². The Hall–Kier alpha value is -2.63. The summed E-state index contributed by atoms with van der Waals surface area (Å²) in [7, 11) is 0. The van der Waals surface area contributed by atoms with E-state index in [2.05, 4.69) is 10.3 Å². The highest BCUT2D eigenvalue weighted by molar-refractivity contribution is 6.10. The van der Waals surface area contributed by atoms with Crippen LogP contribution in [0.15, 0.2) is 24.3 Å². The Balaban J connectivity index is 2.27. The lowest BCUT2D eigenvalue weighted by molar-refractivity contribution is -0.120. The van der Waals surface area contributed by atoms with E-state index in [-0.39, 0.29) is 5.91 Å². The van der Waals surface area contributed by atoms with E-state index < -0.39 is 17.6 Å². The molecule has 2 heterocycles. The Morgan fingerprint density at radius 2 is 2.22 bits per heavy atom. The second-order valence-corrected chi connectivity index (χ2v) is 5.68. The molecule has 0 saturated carbocycles. The molecule has 3 rings (SSSR count). The maximum atomic E-state index is 13.7. The van der Waals surface area contributed by atoms with Crippen molar-refractivity contribution in [2.45, 2.75) is 19.8 Å². The molecule has 1 unspecified atom stereocenters. The summed E-state index contributed by atoms with van der Waals surface area (Å²) in [4.78, 5) is 27.2. The van der Waals surface area contributed by atoms with Gasteiger partial charge in [-0.3, -0.25) is 9.59 Å². The number of carbonyl (C=O) groups excluding carboxylic acids is 2. The summed E-state index contributed by atoms with van der Waals surface area (Å²) in [6.45, 7) is 2.27. The average molecular weight is 315 g/mol. The molecule has 1 aromatic heterocycles. The standard InChI is InChI=1S/C17H18FN3O2/c1-2-3-11(16(19)22)10-6-7-20-17(23)15-14(10)12-8-9(18)4-5-13(12)21-15/h4-6,8,11,21H,2-3,7H2,1H3,(H2,19,22)(H,20,23). The van der Waals surface area contributed by atoms with Crippen molar-refractivity contribution in [2.24, 2.45) is 11.7 Å². The largest absolute Gasteiger partial charge is 0.369 e. The Morgan fingerprint density at radius 3 is 2.91 bits per heavy atom. The van der Waals surface area contributed by atoms with Gasteiger partial charge in [-0.1, -0.05) is 19.4 Å². The van der Waals surface area contributed by atoms with Crippen molar-refractivity contribution in [3.63, 3.8) is 0 Å². The number of rotatable bonds is 4. The number of carbonyl (C=O) groups is 2. The smallest absolute Gasteiger partial charge is 0.268 e. The first-order valence-corrected chi connectivity index (χ1v) is 7.62. The van der Waals surface area contributed by atoms with Crippen LogP contribution in [0, 0.1) is 11.7 Å². The van der Waals surface area contributed by atoms with Gasteiger partial charge in [-0.2, -0.15) is 0 Å².